The Labute approximate surface area is 137 Å². The summed E-state index contributed by atoms with van der Waals surface area (Å²) < 4.78 is 2.10. The minimum atomic E-state index is -0.514. The van der Waals surface area contributed by atoms with Gasteiger partial charge < -0.3 is 19.9 Å². The molecule has 1 unspecified atom stereocenters. The van der Waals surface area contributed by atoms with E-state index in [0.29, 0.717) is 13.1 Å². The number of aryl methyl sites for hydroxylation is 1. The molecule has 7 heteroatoms. The molecule has 0 saturated heterocycles. The lowest BCUT2D eigenvalue weighted by atomic mass is 9.94. The van der Waals surface area contributed by atoms with Gasteiger partial charge >= 0.3 is 6.03 Å². The maximum Gasteiger partial charge on any atom is 0.318 e. The molecular formula is C16H27N5O2. The smallest absolute Gasteiger partial charge is 0.318 e. The largest absolute Gasteiger partial charge is 0.392 e. The predicted octanol–water partition coefficient (Wildman–Crippen LogP) is 1.45. The molecule has 1 aromatic rings. The van der Waals surface area contributed by atoms with Gasteiger partial charge in [0, 0.05) is 25.6 Å². The number of nitrogens with zero attached hydrogens (tertiary/aromatic N) is 4. The van der Waals surface area contributed by atoms with Gasteiger partial charge in [-0.25, -0.2) is 4.79 Å². The number of hydrogen-bond donors (Lipinski definition) is 2. The molecule has 1 atom stereocenters. The van der Waals surface area contributed by atoms with Crippen LogP contribution in [-0.4, -0.2) is 49.5 Å². The van der Waals surface area contributed by atoms with Gasteiger partial charge in [-0.3, -0.25) is 0 Å². The lowest BCUT2D eigenvalue weighted by Crippen LogP contribution is -2.49. The normalized spacial score (nSPS) is 19.4. The summed E-state index contributed by atoms with van der Waals surface area (Å²) in [7, 11) is 0. The Kier molecular flexibility index (Phi) is 5.15. The minimum absolute atomic E-state index is 0.104. The molecule has 0 bridgehead atoms. The quantitative estimate of drug-likeness (QED) is 0.860. The van der Waals surface area contributed by atoms with Crippen LogP contribution in [0.2, 0.25) is 0 Å². The Bertz CT molecular complexity index is 537. The number of amides is 2. The minimum Gasteiger partial charge on any atom is -0.392 e. The molecule has 23 heavy (non-hydrogen) atoms. The van der Waals surface area contributed by atoms with E-state index in [1.165, 1.54) is 6.42 Å². The van der Waals surface area contributed by atoms with E-state index in [0.717, 1.165) is 56.7 Å². The zero-order valence-electron chi connectivity index (χ0n) is 13.9. The molecule has 1 saturated carbocycles. The maximum absolute atomic E-state index is 12.6. The van der Waals surface area contributed by atoms with Crippen molar-refractivity contribution in [2.24, 2.45) is 0 Å². The number of rotatable bonds is 5. The van der Waals surface area contributed by atoms with Crippen molar-refractivity contribution < 1.29 is 9.90 Å². The van der Waals surface area contributed by atoms with Crippen molar-refractivity contribution >= 4 is 6.03 Å². The second-order valence-corrected chi connectivity index (χ2v) is 6.74. The Morgan fingerprint density at radius 2 is 2.13 bits per heavy atom. The number of fused-ring (bicyclic) bond motifs is 1. The summed E-state index contributed by atoms with van der Waals surface area (Å²) in [6.45, 7) is 3.45. The number of hydrogen-bond acceptors (Lipinski definition) is 4. The van der Waals surface area contributed by atoms with Crippen molar-refractivity contribution in [3.05, 3.63) is 11.6 Å². The summed E-state index contributed by atoms with van der Waals surface area (Å²) in [5.74, 6) is 1.84. The first-order chi connectivity index (χ1) is 11.1. The molecule has 0 aromatic carbocycles. The van der Waals surface area contributed by atoms with Crippen LogP contribution < -0.4 is 5.32 Å². The highest BCUT2D eigenvalue weighted by atomic mass is 16.3. The molecule has 7 nitrogen and oxygen atoms in total. The van der Waals surface area contributed by atoms with Crippen molar-refractivity contribution in [3.8, 4) is 0 Å². The molecule has 2 amide bonds. The van der Waals surface area contributed by atoms with Crippen LogP contribution >= 0.6 is 0 Å². The predicted molar refractivity (Wildman–Crippen MR) is 85.8 cm³/mol. The molecule has 2 heterocycles. The zero-order chi connectivity index (χ0) is 16.2. The summed E-state index contributed by atoms with van der Waals surface area (Å²) in [6, 6.07) is 0.135. The van der Waals surface area contributed by atoms with E-state index in [9.17, 15) is 9.90 Å². The highest BCUT2D eigenvalue weighted by Gasteiger charge is 2.27. The number of aliphatic hydroxyl groups is 1. The number of nitrogens with one attached hydrogen (secondary N) is 1. The fraction of sp³-hybridized carbons (Fsp3) is 0.812. The molecule has 1 fully saturated rings. The fourth-order valence-electron chi connectivity index (χ4n) is 3.67. The van der Waals surface area contributed by atoms with Crippen molar-refractivity contribution in [1.82, 2.24) is 25.0 Å². The number of aliphatic hydroxyl groups excluding tert-OH is 1. The number of carbonyl (C=O) groups is 1. The standard InChI is InChI=1S/C16H27N5O2/c1-12(22)11-21(13-6-3-2-4-7-13)16(23)17-10-15-19-18-14-8-5-9-20(14)15/h12-13,22H,2-11H2,1H3,(H,17,23). The van der Waals surface area contributed by atoms with Gasteiger partial charge in [0.15, 0.2) is 5.82 Å². The van der Waals surface area contributed by atoms with Gasteiger partial charge in [-0.2, -0.15) is 0 Å². The molecule has 0 radical (unpaired) electrons. The van der Waals surface area contributed by atoms with Gasteiger partial charge in [0.05, 0.1) is 12.6 Å². The molecule has 2 aliphatic rings. The third-order valence-corrected chi connectivity index (χ3v) is 4.82. The topological polar surface area (TPSA) is 83.3 Å². The van der Waals surface area contributed by atoms with Crippen molar-refractivity contribution in [3.63, 3.8) is 0 Å². The van der Waals surface area contributed by atoms with Crippen molar-refractivity contribution in [1.29, 1.82) is 0 Å². The summed E-state index contributed by atoms with van der Waals surface area (Å²) in [5, 5.41) is 21.0. The van der Waals surface area contributed by atoms with Crippen molar-refractivity contribution in [2.75, 3.05) is 6.54 Å². The van der Waals surface area contributed by atoms with E-state index in [1.54, 1.807) is 6.92 Å². The summed E-state index contributed by atoms with van der Waals surface area (Å²) >= 11 is 0. The average molecular weight is 321 g/mol. The summed E-state index contributed by atoms with van der Waals surface area (Å²) in [5.41, 5.74) is 0. The van der Waals surface area contributed by atoms with Crippen LogP contribution in [0.15, 0.2) is 0 Å². The van der Waals surface area contributed by atoms with Crippen LogP contribution in [0.1, 0.15) is 57.1 Å². The molecule has 128 valence electrons. The first-order valence-electron chi connectivity index (χ1n) is 8.78. The Balaban J connectivity index is 1.60. The van der Waals surface area contributed by atoms with E-state index >= 15 is 0 Å². The fourth-order valence-corrected chi connectivity index (χ4v) is 3.67. The van der Waals surface area contributed by atoms with Gasteiger partial charge in [-0.15, -0.1) is 10.2 Å². The van der Waals surface area contributed by atoms with Gasteiger partial charge in [0.25, 0.3) is 0 Å². The molecule has 1 aromatic heterocycles. The third-order valence-electron chi connectivity index (χ3n) is 4.82. The SMILES string of the molecule is CC(O)CN(C(=O)NCc1nnc2n1CCC2)C1CCCCC1. The lowest BCUT2D eigenvalue weighted by molar-refractivity contribution is 0.0989. The highest BCUT2D eigenvalue weighted by Crippen LogP contribution is 2.23. The number of aromatic nitrogens is 3. The van der Waals surface area contributed by atoms with E-state index in [2.05, 4.69) is 20.1 Å². The van der Waals surface area contributed by atoms with Gasteiger partial charge in [0.1, 0.15) is 5.82 Å². The molecule has 1 aliphatic heterocycles. The van der Waals surface area contributed by atoms with E-state index in [-0.39, 0.29) is 12.1 Å². The van der Waals surface area contributed by atoms with Crippen LogP contribution in [0.5, 0.6) is 0 Å². The Morgan fingerprint density at radius 3 is 2.87 bits per heavy atom. The molecular weight excluding hydrogens is 294 g/mol. The van der Waals surface area contributed by atoms with Gasteiger partial charge in [0.2, 0.25) is 0 Å². The van der Waals surface area contributed by atoms with Crippen molar-refractivity contribution in [2.45, 2.75) is 77.1 Å². The van der Waals surface area contributed by atoms with Crippen LogP contribution in [0.4, 0.5) is 4.79 Å². The second kappa shape index (κ2) is 7.29. The summed E-state index contributed by atoms with van der Waals surface area (Å²) in [4.78, 5) is 14.4. The monoisotopic (exact) mass is 321 g/mol. The number of urea groups is 1. The first-order valence-corrected chi connectivity index (χ1v) is 8.78. The summed E-state index contributed by atoms with van der Waals surface area (Å²) in [6.07, 6.45) is 7.17. The molecule has 3 rings (SSSR count). The maximum atomic E-state index is 12.6. The van der Waals surface area contributed by atoms with Gasteiger partial charge in [-0.05, 0) is 26.2 Å². The van der Waals surface area contributed by atoms with Crippen LogP contribution in [0.3, 0.4) is 0 Å². The Hall–Kier alpha value is -1.63. The van der Waals surface area contributed by atoms with E-state index < -0.39 is 6.10 Å². The van der Waals surface area contributed by atoms with E-state index in [4.69, 9.17) is 0 Å². The average Bonchev–Trinajstić information content (AvgIpc) is 3.15. The Morgan fingerprint density at radius 1 is 1.35 bits per heavy atom. The zero-order valence-corrected chi connectivity index (χ0v) is 13.9. The first kappa shape index (κ1) is 16.2. The molecule has 2 N–H and O–H groups in total. The number of carbonyl (C=O) groups excluding carboxylic acids is 1. The van der Waals surface area contributed by atoms with E-state index in [1.807, 2.05) is 4.90 Å². The molecule has 0 spiro atoms. The highest BCUT2D eigenvalue weighted by molar-refractivity contribution is 5.74. The van der Waals surface area contributed by atoms with Crippen LogP contribution in [0.25, 0.3) is 0 Å². The lowest BCUT2D eigenvalue weighted by Gasteiger charge is -2.35. The van der Waals surface area contributed by atoms with Gasteiger partial charge in [-0.1, -0.05) is 19.3 Å². The van der Waals surface area contributed by atoms with Crippen LogP contribution in [0, 0.1) is 0 Å². The van der Waals surface area contributed by atoms with Crippen LogP contribution in [-0.2, 0) is 19.5 Å². The third kappa shape index (κ3) is 3.83. The second-order valence-electron chi connectivity index (χ2n) is 6.74. The molecule has 1 aliphatic carbocycles.